The van der Waals surface area contributed by atoms with Gasteiger partial charge in [0.05, 0.1) is 0 Å². The van der Waals surface area contributed by atoms with E-state index in [9.17, 15) is 4.79 Å². The molecule has 0 aliphatic heterocycles. The van der Waals surface area contributed by atoms with Crippen LogP contribution in [0.1, 0.15) is 18.1 Å². The van der Waals surface area contributed by atoms with E-state index >= 15 is 0 Å². The molecule has 0 saturated heterocycles. The molecule has 0 N–H and O–H groups in total. The Hall–Kier alpha value is -2.33. The molecular weight excluding hydrogens is 368 g/mol. The number of benzene rings is 2. The molecule has 120 valence electrons. The Morgan fingerprint density at radius 3 is 2.50 bits per heavy atom. The van der Waals surface area contributed by atoms with Crippen LogP contribution >= 0.6 is 15.9 Å². The third-order valence-electron chi connectivity index (χ3n) is 4.36. The van der Waals surface area contributed by atoms with Gasteiger partial charge in [-0.25, -0.2) is 4.79 Å². The second-order valence-electron chi connectivity index (χ2n) is 5.86. The predicted octanol–water partition coefficient (Wildman–Crippen LogP) is 5.84. The first-order chi connectivity index (χ1) is 11.6. The minimum atomic E-state index is -0.372. The quantitative estimate of drug-likeness (QED) is 0.409. The summed E-state index contributed by atoms with van der Waals surface area (Å²) in [5, 5.41) is 1.93. The maximum absolute atomic E-state index is 12.0. The van der Waals surface area contributed by atoms with Crippen molar-refractivity contribution in [1.29, 1.82) is 0 Å². The van der Waals surface area contributed by atoms with Gasteiger partial charge >= 0.3 is 5.63 Å². The van der Waals surface area contributed by atoms with E-state index in [0.29, 0.717) is 11.3 Å². The molecule has 0 bridgehead atoms. The lowest BCUT2D eigenvalue weighted by Gasteiger charge is -2.06. The summed E-state index contributed by atoms with van der Waals surface area (Å²) in [5.41, 5.74) is 3.99. The Morgan fingerprint density at radius 1 is 0.958 bits per heavy atom. The zero-order chi connectivity index (χ0) is 16.8. The first kappa shape index (κ1) is 15.2. The molecule has 0 fully saturated rings. The van der Waals surface area contributed by atoms with Crippen molar-refractivity contribution < 1.29 is 8.83 Å². The molecule has 0 unspecified atom stereocenters. The number of furan rings is 1. The van der Waals surface area contributed by atoms with Gasteiger partial charge in [0.1, 0.15) is 16.9 Å². The van der Waals surface area contributed by atoms with Crippen LogP contribution in [0.15, 0.2) is 60.6 Å². The van der Waals surface area contributed by atoms with Crippen molar-refractivity contribution in [3.05, 3.63) is 68.5 Å². The molecule has 0 saturated carbocycles. The second kappa shape index (κ2) is 5.64. The smallest absolute Gasteiger partial charge is 0.336 e. The Kier molecular flexibility index (Phi) is 3.57. The van der Waals surface area contributed by atoms with Gasteiger partial charge in [-0.1, -0.05) is 28.9 Å². The molecule has 0 atom stereocenters. The summed E-state index contributed by atoms with van der Waals surface area (Å²) in [6, 6.07) is 13.3. The van der Waals surface area contributed by atoms with E-state index in [-0.39, 0.29) is 5.63 Å². The van der Waals surface area contributed by atoms with Crippen molar-refractivity contribution >= 4 is 37.9 Å². The van der Waals surface area contributed by atoms with Crippen LogP contribution in [0.25, 0.3) is 33.3 Å². The highest BCUT2D eigenvalue weighted by atomic mass is 79.9. The molecule has 3 nitrogen and oxygen atoms in total. The topological polar surface area (TPSA) is 43.4 Å². The van der Waals surface area contributed by atoms with Crippen LogP contribution in [-0.4, -0.2) is 0 Å². The minimum Gasteiger partial charge on any atom is -0.456 e. The molecule has 0 aliphatic carbocycles. The molecule has 4 heteroatoms. The van der Waals surface area contributed by atoms with Crippen molar-refractivity contribution in [2.75, 3.05) is 0 Å². The maximum Gasteiger partial charge on any atom is 0.336 e. The van der Waals surface area contributed by atoms with Crippen LogP contribution in [0, 0.1) is 6.92 Å². The summed E-state index contributed by atoms with van der Waals surface area (Å²) >= 11 is 3.50. The monoisotopic (exact) mass is 382 g/mol. The van der Waals surface area contributed by atoms with Gasteiger partial charge in [0.25, 0.3) is 0 Å². The fourth-order valence-corrected chi connectivity index (χ4v) is 3.43. The largest absolute Gasteiger partial charge is 0.456 e. The molecule has 2 aromatic heterocycles. The highest BCUT2D eigenvalue weighted by Gasteiger charge is 2.17. The first-order valence-electron chi connectivity index (χ1n) is 7.82. The van der Waals surface area contributed by atoms with Crippen LogP contribution in [0.2, 0.25) is 0 Å². The molecular formula is C20H15BrO3. The number of rotatable bonds is 2. The first-order valence-corrected chi connectivity index (χ1v) is 8.62. The molecule has 0 aliphatic rings. The molecule has 2 aromatic carbocycles. The van der Waals surface area contributed by atoms with Gasteiger partial charge in [-0.15, -0.1) is 0 Å². The summed E-state index contributed by atoms with van der Waals surface area (Å²) in [7, 11) is 0. The summed E-state index contributed by atoms with van der Waals surface area (Å²) in [5.74, 6) is 0.717. The Labute approximate surface area is 147 Å². The summed E-state index contributed by atoms with van der Waals surface area (Å²) in [6.07, 6.45) is 0.917. The molecule has 24 heavy (non-hydrogen) atoms. The number of hydrogen-bond donors (Lipinski definition) is 0. The predicted molar refractivity (Wildman–Crippen MR) is 99.5 cm³/mol. The Morgan fingerprint density at radius 2 is 1.71 bits per heavy atom. The lowest BCUT2D eigenvalue weighted by molar-refractivity contribution is 0.559. The Balaban J connectivity index is 2.09. The zero-order valence-electron chi connectivity index (χ0n) is 13.4. The summed E-state index contributed by atoms with van der Waals surface area (Å²) in [4.78, 5) is 12.0. The normalized spacial score (nSPS) is 11.5. The molecule has 0 amide bonds. The van der Waals surface area contributed by atoms with Crippen LogP contribution in [0.5, 0.6) is 0 Å². The van der Waals surface area contributed by atoms with E-state index in [1.807, 2.05) is 37.3 Å². The van der Waals surface area contributed by atoms with Gasteiger partial charge in [-0.2, -0.15) is 0 Å². The fourth-order valence-electron chi connectivity index (χ4n) is 3.07. The minimum absolute atomic E-state index is 0.372. The third-order valence-corrected chi connectivity index (χ3v) is 4.85. The SMILES string of the molecule is CCc1ccc2oc(=O)cc(-c3oc4ccc(Br)cc4c3C)c2c1. The van der Waals surface area contributed by atoms with Crippen LogP contribution in [0.3, 0.4) is 0 Å². The number of fused-ring (bicyclic) bond motifs is 2. The van der Waals surface area contributed by atoms with Crippen LogP contribution < -0.4 is 5.63 Å². The summed E-state index contributed by atoms with van der Waals surface area (Å²) in [6.45, 7) is 4.11. The standard InChI is InChI=1S/C20H15BrO3/c1-3-12-4-6-18-15(8-12)16(10-19(22)23-18)20-11(2)14-9-13(21)5-7-17(14)24-20/h4-10H,3H2,1-2H3. The molecule has 2 heterocycles. The lowest BCUT2D eigenvalue weighted by Crippen LogP contribution is -1.98. The molecule has 4 aromatic rings. The van der Waals surface area contributed by atoms with E-state index in [1.165, 1.54) is 11.6 Å². The number of halogens is 1. The maximum atomic E-state index is 12.0. The Bertz CT molecular complexity index is 1130. The van der Waals surface area contributed by atoms with Gasteiger partial charge in [-0.3, -0.25) is 0 Å². The second-order valence-corrected chi connectivity index (χ2v) is 6.78. The highest BCUT2D eigenvalue weighted by Crippen LogP contribution is 2.37. The average Bonchev–Trinajstić information content (AvgIpc) is 2.90. The van der Waals surface area contributed by atoms with E-state index in [4.69, 9.17) is 8.83 Å². The van der Waals surface area contributed by atoms with E-state index in [1.54, 1.807) is 0 Å². The van der Waals surface area contributed by atoms with Crippen molar-refractivity contribution in [3.63, 3.8) is 0 Å². The van der Waals surface area contributed by atoms with E-state index < -0.39 is 0 Å². The van der Waals surface area contributed by atoms with Gasteiger partial charge in [0, 0.05) is 32.4 Å². The third kappa shape index (κ3) is 2.38. The number of hydrogen-bond acceptors (Lipinski definition) is 3. The van der Waals surface area contributed by atoms with Gasteiger partial charge < -0.3 is 8.83 Å². The van der Waals surface area contributed by atoms with Gasteiger partial charge in [0.2, 0.25) is 0 Å². The van der Waals surface area contributed by atoms with Crippen molar-refractivity contribution in [2.45, 2.75) is 20.3 Å². The van der Waals surface area contributed by atoms with Crippen LogP contribution in [0.4, 0.5) is 0 Å². The van der Waals surface area contributed by atoms with Crippen molar-refractivity contribution in [3.8, 4) is 11.3 Å². The average molecular weight is 383 g/mol. The molecule has 0 spiro atoms. The number of aryl methyl sites for hydroxylation is 2. The molecule has 4 rings (SSSR count). The van der Waals surface area contributed by atoms with Gasteiger partial charge in [0.15, 0.2) is 0 Å². The van der Waals surface area contributed by atoms with Gasteiger partial charge in [-0.05, 0) is 49.2 Å². The van der Waals surface area contributed by atoms with Crippen molar-refractivity contribution in [1.82, 2.24) is 0 Å². The summed E-state index contributed by atoms with van der Waals surface area (Å²) < 4.78 is 12.4. The van der Waals surface area contributed by atoms with Crippen molar-refractivity contribution in [2.24, 2.45) is 0 Å². The van der Waals surface area contributed by atoms with Crippen LogP contribution in [-0.2, 0) is 6.42 Å². The van der Waals surface area contributed by atoms with E-state index in [0.717, 1.165) is 38.4 Å². The molecule has 0 radical (unpaired) electrons. The van der Waals surface area contributed by atoms with E-state index in [2.05, 4.69) is 28.9 Å². The highest BCUT2D eigenvalue weighted by molar-refractivity contribution is 9.10. The lowest BCUT2D eigenvalue weighted by atomic mass is 10.0. The fraction of sp³-hybridized carbons (Fsp3) is 0.150. The zero-order valence-corrected chi connectivity index (χ0v) is 14.9.